The Kier molecular flexibility index (Phi) is 4.55. The summed E-state index contributed by atoms with van der Waals surface area (Å²) in [5.74, 6) is 0.675. The minimum absolute atomic E-state index is 0.0365. The van der Waals surface area contributed by atoms with E-state index in [1.807, 2.05) is 60.5 Å². The zero-order valence-corrected chi connectivity index (χ0v) is 15.7. The van der Waals surface area contributed by atoms with Crippen molar-refractivity contribution in [3.8, 4) is 6.01 Å². The van der Waals surface area contributed by atoms with Crippen LogP contribution in [0, 0.1) is 0 Å². The maximum Gasteiger partial charge on any atom is 0.320 e. The SMILES string of the molecule is CC(c1ccccc1)N(C)c1nc(O)nc(Nc2ccc3ncsc3c2)n1. The van der Waals surface area contributed by atoms with Gasteiger partial charge in [0.15, 0.2) is 0 Å². The second kappa shape index (κ2) is 7.16. The first-order valence-electron chi connectivity index (χ1n) is 8.43. The van der Waals surface area contributed by atoms with Gasteiger partial charge in [-0.2, -0.15) is 15.0 Å². The summed E-state index contributed by atoms with van der Waals surface area (Å²) in [4.78, 5) is 18.7. The Bertz CT molecular complexity index is 1070. The fourth-order valence-electron chi connectivity index (χ4n) is 2.76. The molecule has 2 aromatic heterocycles. The van der Waals surface area contributed by atoms with Crippen LogP contribution in [0.5, 0.6) is 6.01 Å². The molecule has 4 aromatic rings. The molecule has 2 heterocycles. The first-order valence-corrected chi connectivity index (χ1v) is 9.31. The Morgan fingerprint density at radius 3 is 2.70 bits per heavy atom. The third-order valence-electron chi connectivity index (χ3n) is 4.38. The maximum absolute atomic E-state index is 9.98. The van der Waals surface area contributed by atoms with Gasteiger partial charge in [0.05, 0.1) is 21.8 Å². The van der Waals surface area contributed by atoms with Crippen LogP contribution in [0.2, 0.25) is 0 Å². The van der Waals surface area contributed by atoms with E-state index in [4.69, 9.17) is 0 Å². The standard InChI is InChI=1S/C19H18N6OS/c1-12(13-6-4-3-5-7-13)25(2)18-22-17(23-19(26)24-18)21-14-8-9-15-16(10-14)27-11-20-15/h3-12H,1-2H3,(H2,21,22,23,24,26). The average molecular weight is 378 g/mol. The smallest absolute Gasteiger partial charge is 0.320 e. The molecule has 27 heavy (non-hydrogen) atoms. The largest absolute Gasteiger partial charge is 0.479 e. The van der Waals surface area contributed by atoms with E-state index in [0.717, 1.165) is 21.5 Å². The van der Waals surface area contributed by atoms with E-state index in [0.29, 0.717) is 5.95 Å². The predicted octanol–water partition coefficient (Wildman–Crippen LogP) is 4.13. The number of aromatic nitrogens is 4. The second-order valence-corrected chi connectivity index (χ2v) is 7.00. The average Bonchev–Trinajstić information content (AvgIpc) is 3.15. The molecule has 0 spiro atoms. The number of rotatable bonds is 5. The van der Waals surface area contributed by atoms with Crippen LogP contribution in [0.4, 0.5) is 17.6 Å². The van der Waals surface area contributed by atoms with E-state index in [1.165, 1.54) is 0 Å². The van der Waals surface area contributed by atoms with Gasteiger partial charge in [0.1, 0.15) is 0 Å². The number of hydrogen-bond acceptors (Lipinski definition) is 8. The van der Waals surface area contributed by atoms with Crippen molar-refractivity contribution in [2.45, 2.75) is 13.0 Å². The van der Waals surface area contributed by atoms with Gasteiger partial charge in [0, 0.05) is 12.7 Å². The van der Waals surface area contributed by atoms with Crippen LogP contribution in [0.25, 0.3) is 10.2 Å². The highest BCUT2D eigenvalue weighted by atomic mass is 32.1. The van der Waals surface area contributed by atoms with Gasteiger partial charge in [0.2, 0.25) is 11.9 Å². The van der Waals surface area contributed by atoms with E-state index in [1.54, 1.807) is 16.8 Å². The highest BCUT2D eigenvalue weighted by Crippen LogP contribution is 2.26. The van der Waals surface area contributed by atoms with Gasteiger partial charge in [-0.15, -0.1) is 11.3 Å². The number of nitrogens with one attached hydrogen (secondary N) is 1. The minimum Gasteiger partial charge on any atom is -0.479 e. The highest BCUT2D eigenvalue weighted by Gasteiger charge is 2.17. The monoisotopic (exact) mass is 378 g/mol. The summed E-state index contributed by atoms with van der Waals surface area (Å²) in [5, 5.41) is 13.1. The number of hydrogen-bond donors (Lipinski definition) is 2. The molecule has 8 heteroatoms. The van der Waals surface area contributed by atoms with Crippen LogP contribution >= 0.6 is 11.3 Å². The fraction of sp³-hybridized carbons (Fsp3) is 0.158. The van der Waals surface area contributed by atoms with Crippen LogP contribution in [0.3, 0.4) is 0 Å². The lowest BCUT2D eigenvalue weighted by Gasteiger charge is -2.25. The Balaban J connectivity index is 1.60. The molecule has 1 atom stereocenters. The van der Waals surface area contributed by atoms with Crippen molar-refractivity contribution >= 4 is 39.1 Å². The molecule has 0 fully saturated rings. The predicted molar refractivity (Wildman–Crippen MR) is 108 cm³/mol. The number of anilines is 3. The molecule has 2 aromatic carbocycles. The van der Waals surface area contributed by atoms with Crippen molar-refractivity contribution in [3.05, 3.63) is 59.6 Å². The Morgan fingerprint density at radius 1 is 1.07 bits per heavy atom. The summed E-state index contributed by atoms with van der Waals surface area (Å²) in [6.07, 6.45) is 0. The summed E-state index contributed by atoms with van der Waals surface area (Å²) in [5.41, 5.74) is 4.70. The Hall–Kier alpha value is -3.26. The number of aromatic hydroxyl groups is 1. The maximum atomic E-state index is 9.98. The molecule has 0 aliphatic carbocycles. The van der Waals surface area contributed by atoms with Crippen LogP contribution in [0.15, 0.2) is 54.0 Å². The molecule has 0 saturated heterocycles. The molecule has 0 aliphatic heterocycles. The van der Waals surface area contributed by atoms with E-state index >= 15 is 0 Å². The van der Waals surface area contributed by atoms with Gasteiger partial charge in [0.25, 0.3) is 0 Å². The molecule has 2 N–H and O–H groups in total. The number of fused-ring (bicyclic) bond motifs is 1. The summed E-state index contributed by atoms with van der Waals surface area (Å²) in [7, 11) is 1.89. The van der Waals surface area contributed by atoms with Crippen LogP contribution in [0.1, 0.15) is 18.5 Å². The molecule has 0 radical (unpaired) electrons. The molecular weight excluding hydrogens is 360 g/mol. The van der Waals surface area contributed by atoms with Crippen molar-refractivity contribution in [1.29, 1.82) is 0 Å². The molecule has 0 bridgehead atoms. The van der Waals surface area contributed by atoms with Crippen LogP contribution < -0.4 is 10.2 Å². The van der Waals surface area contributed by atoms with Gasteiger partial charge in [-0.05, 0) is 30.7 Å². The Labute approximate surface area is 160 Å². The van der Waals surface area contributed by atoms with Crippen molar-refractivity contribution in [3.63, 3.8) is 0 Å². The van der Waals surface area contributed by atoms with Gasteiger partial charge >= 0.3 is 6.01 Å². The first-order chi connectivity index (χ1) is 13.1. The van der Waals surface area contributed by atoms with Crippen molar-refractivity contribution < 1.29 is 5.11 Å². The molecule has 136 valence electrons. The molecule has 0 amide bonds. The lowest BCUT2D eigenvalue weighted by atomic mass is 10.1. The van der Waals surface area contributed by atoms with Crippen molar-refractivity contribution in [2.75, 3.05) is 17.3 Å². The zero-order valence-electron chi connectivity index (χ0n) is 14.9. The molecule has 7 nitrogen and oxygen atoms in total. The summed E-state index contributed by atoms with van der Waals surface area (Å²) in [6.45, 7) is 2.06. The topological polar surface area (TPSA) is 87.1 Å². The number of benzene rings is 2. The van der Waals surface area contributed by atoms with Crippen LogP contribution in [-0.4, -0.2) is 32.1 Å². The summed E-state index contributed by atoms with van der Waals surface area (Å²) in [6, 6.07) is 15.6. The van der Waals surface area contributed by atoms with E-state index < -0.39 is 0 Å². The number of nitrogens with zero attached hydrogens (tertiary/aromatic N) is 5. The molecule has 4 rings (SSSR count). The highest BCUT2D eigenvalue weighted by molar-refractivity contribution is 7.16. The number of thiazole rings is 1. The van der Waals surface area contributed by atoms with E-state index in [-0.39, 0.29) is 18.0 Å². The fourth-order valence-corrected chi connectivity index (χ4v) is 3.47. The second-order valence-electron chi connectivity index (χ2n) is 6.12. The molecule has 0 saturated carbocycles. The summed E-state index contributed by atoms with van der Waals surface area (Å²) < 4.78 is 1.06. The molecule has 0 aliphatic rings. The van der Waals surface area contributed by atoms with Gasteiger partial charge in [-0.1, -0.05) is 30.3 Å². The van der Waals surface area contributed by atoms with Crippen molar-refractivity contribution in [2.24, 2.45) is 0 Å². The first kappa shape index (κ1) is 17.2. The normalized spacial score (nSPS) is 12.1. The lowest BCUT2D eigenvalue weighted by molar-refractivity contribution is 0.428. The third-order valence-corrected chi connectivity index (χ3v) is 5.17. The van der Waals surface area contributed by atoms with E-state index in [9.17, 15) is 5.11 Å². The molecule has 1 unspecified atom stereocenters. The zero-order chi connectivity index (χ0) is 18.8. The van der Waals surface area contributed by atoms with Crippen molar-refractivity contribution in [1.82, 2.24) is 19.9 Å². The minimum atomic E-state index is -0.325. The molecular formula is C19H18N6OS. The van der Waals surface area contributed by atoms with Gasteiger partial charge < -0.3 is 15.3 Å². The summed E-state index contributed by atoms with van der Waals surface area (Å²) >= 11 is 1.56. The quantitative estimate of drug-likeness (QED) is 0.540. The van der Waals surface area contributed by atoms with Crippen LogP contribution in [-0.2, 0) is 0 Å². The van der Waals surface area contributed by atoms with Gasteiger partial charge in [-0.3, -0.25) is 0 Å². The Morgan fingerprint density at radius 2 is 1.89 bits per heavy atom. The third kappa shape index (κ3) is 3.65. The van der Waals surface area contributed by atoms with E-state index in [2.05, 4.69) is 32.2 Å². The lowest BCUT2D eigenvalue weighted by Crippen LogP contribution is -2.24. The van der Waals surface area contributed by atoms with Gasteiger partial charge in [-0.25, -0.2) is 4.98 Å².